The number of halogens is 4. The molecule has 2 unspecified atom stereocenters. The minimum atomic E-state index is -4.73. The molecule has 1 fully saturated rings. The molecule has 0 saturated heterocycles. The molecule has 0 radical (unpaired) electrons. The highest BCUT2D eigenvalue weighted by atomic mass is 35.5. The highest BCUT2D eigenvalue weighted by molar-refractivity contribution is 6.21. The average Bonchev–Trinajstić information content (AvgIpc) is 2.29. The van der Waals surface area contributed by atoms with Crippen LogP contribution < -0.4 is 9.47 Å². The van der Waals surface area contributed by atoms with Crippen molar-refractivity contribution in [1.82, 2.24) is 0 Å². The summed E-state index contributed by atoms with van der Waals surface area (Å²) >= 11 is 6.06. The summed E-state index contributed by atoms with van der Waals surface area (Å²) in [5.74, 6) is -0.245. The molecule has 1 aliphatic carbocycles. The molecule has 0 aromatic heterocycles. The SMILES string of the molecule is CC1(C)C(Cl)CC1Oc1ccccc1OC(F)(F)F. The molecule has 1 aliphatic rings. The lowest BCUT2D eigenvalue weighted by molar-refractivity contribution is -0.275. The van der Waals surface area contributed by atoms with Gasteiger partial charge in [-0.25, -0.2) is 0 Å². The van der Waals surface area contributed by atoms with E-state index in [1.807, 2.05) is 13.8 Å². The fraction of sp³-hybridized carbons (Fsp3) is 0.538. The van der Waals surface area contributed by atoms with Gasteiger partial charge in [0.2, 0.25) is 0 Å². The van der Waals surface area contributed by atoms with Gasteiger partial charge in [-0.15, -0.1) is 24.8 Å². The van der Waals surface area contributed by atoms with Crippen LogP contribution in [0.1, 0.15) is 20.3 Å². The van der Waals surface area contributed by atoms with Crippen molar-refractivity contribution in [1.29, 1.82) is 0 Å². The van der Waals surface area contributed by atoms with Crippen LogP contribution in [-0.4, -0.2) is 17.8 Å². The molecule has 6 heteroatoms. The Morgan fingerprint density at radius 3 is 2.26 bits per heavy atom. The van der Waals surface area contributed by atoms with Crippen molar-refractivity contribution in [2.24, 2.45) is 5.41 Å². The van der Waals surface area contributed by atoms with Crippen LogP contribution in [0.5, 0.6) is 11.5 Å². The van der Waals surface area contributed by atoms with E-state index in [1.165, 1.54) is 18.2 Å². The Kier molecular flexibility index (Phi) is 3.60. The minimum absolute atomic E-state index is 0.0341. The topological polar surface area (TPSA) is 18.5 Å². The molecule has 0 spiro atoms. The smallest absolute Gasteiger partial charge is 0.486 e. The van der Waals surface area contributed by atoms with Crippen LogP contribution in [0.3, 0.4) is 0 Å². The maximum atomic E-state index is 12.3. The lowest BCUT2D eigenvalue weighted by atomic mass is 9.68. The zero-order valence-electron chi connectivity index (χ0n) is 10.5. The van der Waals surface area contributed by atoms with Crippen LogP contribution in [0.2, 0.25) is 0 Å². The molecule has 1 aromatic carbocycles. The minimum Gasteiger partial charge on any atom is -0.486 e. The number of alkyl halides is 4. The first-order valence-corrected chi connectivity index (χ1v) is 6.29. The van der Waals surface area contributed by atoms with E-state index in [4.69, 9.17) is 16.3 Å². The summed E-state index contributed by atoms with van der Waals surface area (Å²) in [4.78, 5) is 0. The third-order valence-corrected chi connectivity index (χ3v) is 4.14. The molecule has 0 heterocycles. The first-order valence-electron chi connectivity index (χ1n) is 5.85. The number of para-hydroxylation sites is 2. The Balaban J connectivity index is 2.13. The van der Waals surface area contributed by atoms with E-state index in [9.17, 15) is 13.2 Å². The molecule has 2 atom stereocenters. The molecule has 106 valence electrons. The molecule has 0 bridgehead atoms. The van der Waals surface area contributed by atoms with Crippen molar-refractivity contribution >= 4 is 11.6 Å². The van der Waals surface area contributed by atoms with Crippen LogP contribution in [0.4, 0.5) is 13.2 Å². The summed E-state index contributed by atoms with van der Waals surface area (Å²) in [6.07, 6.45) is -4.34. The van der Waals surface area contributed by atoms with Crippen LogP contribution in [0.15, 0.2) is 24.3 Å². The predicted octanol–water partition coefficient (Wildman–Crippen LogP) is 4.37. The fourth-order valence-electron chi connectivity index (χ4n) is 1.95. The first-order chi connectivity index (χ1) is 8.70. The second kappa shape index (κ2) is 4.78. The van der Waals surface area contributed by atoms with Crippen molar-refractivity contribution in [3.63, 3.8) is 0 Å². The molecule has 2 rings (SSSR count). The van der Waals surface area contributed by atoms with Gasteiger partial charge in [-0.05, 0) is 12.1 Å². The highest BCUT2D eigenvalue weighted by Crippen LogP contribution is 2.47. The largest absolute Gasteiger partial charge is 0.573 e. The summed E-state index contributed by atoms with van der Waals surface area (Å²) in [5.41, 5.74) is -0.271. The molecular weight excluding hydrogens is 281 g/mol. The van der Waals surface area contributed by atoms with E-state index in [1.54, 1.807) is 6.07 Å². The monoisotopic (exact) mass is 294 g/mol. The molecule has 0 N–H and O–H groups in total. The van der Waals surface area contributed by atoms with Gasteiger partial charge in [-0.1, -0.05) is 26.0 Å². The maximum Gasteiger partial charge on any atom is 0.573 e. The summed E-state index contributed by atoms with van der Waals surface area (Å²) in [6.45, 7) is 3.85. The normalized spacial score (nSPS) is 25.6. The Morgan fingerprint density at radius 2 is 1.79 bits per heavy atom. The molecular formula is C13H14ClF3O2. The van der Waals surface area contributed by atoms with E-state index in [0.29, 0.717) is 6.42 Å². The summed E-state index contributed by atoms with van der Waals surface area (Å²) < 4.78 is 46.4. The van der Waals surface area contributed by atoms with E-state index in [-0.39, 0.29) is 28.4 Å². The summed E-state index contributed by atoms with van der Waals surface area (Å²) in [5, 5.41) is -0.0341. The van der Waals surface area contributed by atoms with Gasteiger partial charge in [0.15, 0.2) is 11.5 Å². The van der Waals surface area contributed by atoms with Gasteiger partial charge in [0.1, 0.15) is 6.10 Å². The zero-order chi connectivity index (χ0) is 14.3. The molecule has 0 amide bonds. The van der Waals surface area contributed by atoms with Gasteiger partial charge in [0.05, 0.1) is 0 Å². The van der Waals surface area contributed by atoms with Gasteiger partial charge in [0.25, 0.3) is 0 Å². The van der Waals surface area contributed by atoms with Gasteiger partial charge in [-0.3, -0.25) is 0 Å². The molecule has 1 saturated carbocycles. The van der Waals surface area contributed by atoms with Crippen LogP contribution >= 0.6 is 11.6 Å². The standard InChI is InChI=1S/C13H14ClF3O2/c1-12(2)10(14)7-11(12)18-8-5-3-4-6-9(8)19-13(15,16)17/h3-6,10-11H,7H2,1-2H3. The summed E-state index contributed by atoms with van der Waals surface area (Å²) in [6, 6.07) is 5.75. The number of hydrogen-bond acceptors (Lipinski definition) is 2. The van der Waals surface area contributed by atoms with Crippen molar-refractivity contribution in [2.45, 2.75) is 38.1 Å². The van der Waals surface area contributed by atoms with Gasteiger partial charge in [-0.2, -0.15) is 0 Å². The number of benzene rings is 1. The second-order valence-electron chi connectivity index (χ2n) is 5.13. The third kappa shape index (κ3) is 3.08. The van der Waals surface area contributed by atoms with Crippen LogP contribution in [0, 0.1) is 5.41 Å². The van der Waals surface area contributed by atoms with E-state index < -0.39 is 6.36 Å². The lowest BCUT2D eigenvalue weighted by Gasteiger charge is -2.48. The summed E-state index contributed by atoms with van der Waals surface area (Å²) in [7, 11) is 0. The van der Waals surface area contributed by atoms with Crippen LogP contribution in [0.25, 0.3) is 0 Å². The van der Waals surface area contributed by atoms with Crippen molar-refractivity contribution in [3.05, 3.63) is 24.3 Å². The van der Waals surface area contributed by atoms with E-state index in [2.05, 4.69) is 4.74 Å². The fourth-order valence-corrected chi connectivity index (χ4v) is 2.25. The molecule has 2 nitrogen and oxygen atoms in total. The molecule has 1 aromatic rings. The average molecular weight is 295 g/mol. The van der Waals surface area contributed by atoms with Gasteiger partial charge < -0.3 is 9.47 Å². The molecule has 0 aliphatic heterocycles. The van der Waals surface area contributed by atoms with Crippen LogP contribution in [-0.2, 0) is 0 Å². The lowest BCUT2D eigenvalue weighted by Crippen LogP contribution is -2.53. The van der Waals surface area contributed by atoms with Crippen molar-refractivity contribution < 1.29 is 22.6 Å². The predicted molar refractivity (Wildman–Crippen MR) is 65.6 cm³/mol. The third-order valence-electron chi connectivity index (χ3n) is 3.40. The zero-order valence-corrected chi connectivity index (χ0v) is 11.3. The highest BCUT2D eigenvalue weighted by Gasteiger charge is 2.49. The quantitative estimate of drug-likeness (QED) is 0.771. The Morgan fingerprint density at radius 1 is 1.21 bits per heavy atom. The Hall–Kier alpha value is -1.10. The Bertz CT molecular complexity index is 459. The van der Waals surface area contributed by atoms with E-state index >= 15 is 0 Å². The van der Waals surface area contributed by atoms with Gasteiger partial charge in [0, 0.05) is 17.2 Å². The first kappa shape index (κ1) is 14.3. The molecule has 19 heavy (non-hydrogen) atoms. The van der Waals surface area contributed by atoms with Gasteiger partial charge >= 0.3 is 6.36 Å². The Labute approximate surface area is 114 Å². The number of hydrogen-bond donors (Lipinski definition) is 0. The number of ether oxygens (including phenoxy) is 2. The van der Waals surface area contributed by atoms with Crippen molar-refractivity contribution in [2.75, 3.05) is 0 Å². The number of rotatable bonds is 3. The maximum absolute atomic E-state index is 12.3. The van der Waals surface area contributed by atoms with Crippen molar-refractivity contribution in [3.8, 4) is 11.5 Å². The second-order valence-corrected chi connectivity index (χ2v) is 5.65. The van der Waals surface area contributed by atoms with E-state index in [0.717, 1.165) is 0 Å².